The molecule has 0 N–H and O–H groups in total. The van der Waals surface area contributed by atoms with E-state index in [9.17, 15) is 4.79 Å². The van der Waals surface area contributed by atoms with Crippen molar-refractivity contribution in [1.82, 2.24) is 15.0 Å². The molecule has 1 amide bonds. The van der Waals surface area contributed by atoms with E-state index < -0.39 is 0 Å². The summed E-state index contributed by atoms with van der Waals surface area (Å²) in [4.78, 5) is 19.4. The van der Waals surface area contributed by atoms with Gasteiger partial charge in [-0.3, -0.25) is 4.79 Å². The summed E-state index contributed by atoms with van der Waals surface area (Å²) in [6.07, 6.45) is 1.93. The highest BCUT2D eigenvalue weighted by Crippen LogP contribution is 2.33. The van der Waals surface area contributed by atoms with Crippen LogP contribution in [0.25, 0.3) is 11.4 Å². The predicted molar refractivity (Wildman–Crippen MR) is 112 cm³/mol. The molecule has 7 nitrogen and oxygen atoms in total. The lowest BCUT2D eigenvalue weighted by molar-refractivity contribution is -0.131. The molecule has 156 valence electrons. The van der Waals surface area contributed by atoms with Gasteiger partial charge in [0.15, 0.2) is 11.5 Å². The minimum Gasteiger partial charge on any atom is -0.493 e. The van der Waals surface area contributed by atoms with Crippen molar-refractivity contribution < 1.29 is 18.8 Å². The van der Waals surface area contributed by atoms with Gasteiger partial charge in [-0.1, -0.05) is 35.0 Å². The number of hydrogen-bond donors (Lipinski definition) is 0. The standard InChI is InChI=1S/C22H22ClN3O4/c1-28-18-9-8-14(11-19(18)29-2)12-20(27)26-10-4-7-17(26)22-24-21(25-30-22)15-5-3-6-16(23)13-15/h3,5-6,8-9,11,13,17H,4,7,10,12H2,1-2H3/t17-/m1/s1. The topological polar surface area (TPSA) is 77.7 Å². The molecule has 0 unspecified atom stereocenters. The van der Waals surface area contributed by atoms with Crippen molar-refractivity contribution in [3.8, 4) is 22.9 Å². The molecule has 0 bridgehead atoms. The van der Waals surface area contributed by atoms with Crippen LogP contribution in [0.1, 0.15) is 30.3 Å². The summed E-state index contributed by atoms with van der Waals surface area (Å²) < 4.78 is 16.1. The maximum Gasteiger partial charge on any atom is 0.249 e. The molecule has 30 heavy (non-hydrogen) atoms. The molecule has 0 spiro atoms. The number of methoxy groups -OCH3 is 2. The summed E-state index contributed by atoms with van der Waals surface area (Å²) in [7, 11) is 3.16. The molecule has 0 saturated carbocycles. The minimum absolute atomic E-state index is 0.00669. The Morgan fingerprint density at radius 1 is 1.20 bits per heavy atom. The number of halogens is 1. The second-order valence-corrected chi connectivity index (χ2v) is 7.51. The Balaban J connectivity index is 1.50. The smallest absolute Gasteiger partial charge is 0.249 e. The van der Waals surface area contributed by atoms with Gasteiger partial charge in [-0.15, -0.1) is 0 Å². The highest BCUT2D eigenvalue weighted by atomic mass is 35.5. The van der Waals surface area contributed by atoms with Crippen LogP contribution in [0.5, 0.6) is 11.5 Å². The summed E-state index contributed by atoms with van der Waals surface area (Å²) in [5, 5.41) is 4.68. The number of ether oxygens (including phenoxy) is 2. The van der Waals surface area contributed by atoms with Gasteiger partial charge in [-0.25, -0.2) is 0 Å². The van der Waals surface area contributed by atoms with Gasteiger partial charge in [0.1, 0.15) is 6.04 Å². The van der Waals surface area contributed by atoms with Crippen LogP contribution in [0.2, 0.25) is 5.02 Å². The van der Waals surface area contributed by atoms with Gasteiger partial charge in [-0.2, -0.15) is 4.98 Å². The molecular weight excluding hydrogens is 406 g/mol. The Hall–Kier alpha value is -3.06. The number of hydrogen-bond acceptors (Lipinski definition) is 6. The van der Waals surface area contributed by atoms with Crippen LogP contribution >= 0.6 is 11.6 Å². The van der Waals surface area contributed by atoms with Gasteiger partial charge in [-0.05, 0) is 42.7 Å². The average Bonchev–Trinajstić information content (AvgIpc) is 3.43. The molecule has 0 radical (unpaired) electrons. The Morgan fingerprint density at radius 3 is 2.80 bits per heavy atom. The molecule has 1 saturated heterocycles. The van der Waals surface area contributed by atoms with Crippen LogP contribution in [-0.2, 0) is 11.2 Å². The third kappa shape index (κ3) is 4.11. The van der Waals surface area contributed by atoms with Crippen molar-refractivity contribution in [1.29, 1.82) is 0 Å². The van der Waals surface area contributed by atoms with Crippen molar-refractivity contribution in [2.75, 3.05) is 20.8 Å². The first-order valence-electron chi connectivity index (χ1n) is 9.69. The van der Waals surface area contributed by atoms with Crippen LogP contribution < -0.4 is 9.47 Å². The molecule has 4 rings (SSSR count). The number of likely N-dealkylation sites (tertiary alicyclic amines) is 1. The van der Waals surface area contributed by atoms with Crippen LogP contribution in [-0.4, -0.2) is 41.7 Å². The van der Waals surface area contributed by atoms with Gasteiger partial charge in [0.25, 0.3) is 0 Å². The lowest BCUT2D eigenvalue weighted by Gasteiger charge is -2.22. The highest BCUT2D eigenvalue weighted by molar-refractivity contribution is 6.30. The summed E-state index contributed by atoms with van der Waals surface area (Å²) in [5.74, 6) is 2.15. The van der Waals surface area contributed by atoms with E-state index in [2.05, 4.69) is 10.1 Å². The van der Waals surface area contributed by atoms with Gasteiger partial charge in [0, 0.05) is 17.1 Å². The van der Waals surface area contributed by atoms with E-state index in [0.29, 0.717) is 34.8 Å². The highest BCUT2D eigenvalue weighted by Gasteiger charge is 2.34. The van der Waals surface area contributed by atoms with Crippen molar-refractivity contribution >= 4 is 17.5 Å². The summed E-state index contributed by atoms with van der Waals surface area (Å²) in [5.41, 5.74) is 1.63. The second-order valence-electron chi connectivity index (χ2n) is 7.08. The van der Waals surface area contributed by atoms with E-state index >= 15 is 0 Å². The number of aromatic nitrogens is 2. The Bertz CT molecular complexity index is 1050. The molecule has 8 heteroatoms. The molecule has 1 aliphatic heterocycles. The fourth-order valence-electron chi connectivity index (χ4n) is 3.70. The molecule has 1 aromatic heterocycles. The van der Waals surface area contributed by atoms with E-state index in [1.807, 2.05) is 29.2 Å². The fraction of sp³-hybridized carbons (Fsp3) is 0.318. The van der Waals surface area contributed by atoms with Gasteiger partial charge in [0.05, 0.1) is 20.6 Å². The van der Waals surface area contributed by atoms with Crippen LogP contribution in [0.3, 0.4) is 0 Å². The fourth-order valence-corrected chi connectivity index (χ4v) is 3.89. The summed E-state index contributed by atoms with van der Waals surface area (Å²) in [6.45, 7) is 0.658. The van der Waals surface area contributed by atoms with Crippen LogP contribution in [0.15, 0.2) is 47.0 Å². The first-order chi connectivity index (χ1) is 14.6. The number of benzene rings is 2. The zero-order chi connectivity index (χ0) is 21.1. The third-order valence-corrected chi connectivity index (χ3v) is 5.42. The molecule has 0 aliphatic carbocycles. The predicted octanol–water partition coefficient (Wildman–Crippen LogP) is 4.31. The van der Waals surface area contributed by atoms with Crippen LogP contribution in [0, 0.1) is 0 Å². The zero-order valence-electron chi connectivity index (χ0n) is 16.8. The quantitative estimate of drug-likeness (QED) is 0.583. The van der Waals surface area contributed by atoms with E-state index in [1.54, 1.807) is 32.4 Å². The van der Waals surface area contributed by atoms with E-state index in [-0.39, 0.29) is 18.4 Å². The van der Waals surface area contributed by atoms with Crippen LogP contribution in [0.4, 0.5) is 0 Å². The maximum atomic E-state index is 13.0. The summed E-state index contributed by atoms with van der Waals surface area (Å²) >= 11 is 6.06. The van der Waals surface area contributed by atoms with E-state index in [1.165, 1.54) is 0 Å². The molecule has 1 atom stereocenters. The number of nitrogens with zero attached hydrogens (tertiary/aromatic N) is 3. The Labute approximate surface area is 179 Å². The number of carbonyl (C=O) groups excluding carboxylic acids is 1. The van der Waals surface area contributed by atoms with Gasteiger partial charge >= 0.3 is 0 Å². The Morgan fingerprint density at radius 2 is 2.03 bits per heavy atom. The lowest BCUT2D eigenvalue weighted by Crippen LogP contribution is -2.32. The average molecular weight is 428 g/mol. The third-order valence-electron chi connectivity index (χ3n) is 5.19. The number of amides is 1. The largest absolute Gasteiger partial charge is 0.493 e. The van der Waals surface area contributed by atoms with E-state index in [4.69, 9.17) is 25.6 Å². The summed E-state index contributed by atoms with van der Waals surface area (Å²) in [6, 6.07) is 12.6. The Kier molecular flexibility index (Phi) is 5.90. The minimum atomic E-state index is -0.224. The number of carbonyl (C=O) groups is 1. The molecule has 1 aliphatic rings. The molecular formula is C22H22ClN3O4. The lowest BCUT2D eigenvalue weighted by atomic mass is 10.1. The molecule has 3 aromatic rings. The molecule has 2 aromatic carbocycles. The van der Waals surface area contributed by atoms with E-state index in [0.717, 1.165) is 24.0 Å². The second kappa shape index (κ2) is 8.75. The van der Waals surface area contributed by atoms with Gasteiger partial charge in [0.2, 0.25) is 17.6 Å². The molecule has 1 fully saturated rings. The zero-order valence-corrected chi connectivity index (χ0v) is 17.6. The van der Waals surface area contributed by atoms with Gasteiger partial charge < -0.3 is 18.9 Å². The monoisotopic (exact) mass is 427 g/mol. The first kappa shape index (κ1) is 20.2. The first-order valence-corrected chi connectivity index (χ1v) is 10.1. The van der Waals surface area contributed by atoms with Crippen molar-refractivity contribution in [2.45, 2.75) is 25.3 Å². The molecule has 2 heterocycles. The van der Waals surface area contributed by atoms with Crippen molar-refractivity contribution in [2.24, 2.45) is 0 Å². The van der Waals surface area contributed by atoms with Crippen molar-refractivity contribution in [3.05, 3.63) is 58.9 Å². The van der Waals surface area contributed by atoms with Crippen molar-refractivity contribution in [3.63, 3.8) is 0 Å². The normalized spacial score (nSPS) is 16.0. The number of rotatable bonds is 6. The maximum absolute atomic E-state index is 13.0. The SMILES string of the molecule is COc1ccc(CC(=O)N2CCC[C@@H]2c2nc(-c3cccc(Cl)c3)no2)cc1OC.